The maximum atomic E-state index is 12.4. The number of rotatable bonds is 0. The lowest BCUT2D eigenvalue weighted by Crippen LogP contribution is -2.34. The number of aliphatic imine (C=N–C) groups is 1. The average Bonchev–Trinajstić information content (AvgIpc) is 2.13. The van der Waals surface area contributed by atoms with E-state index < -0.39 is 11.6 Å². The summed E-state index contributed by atoms with van der Waals surface area (Å²) in [6, 6.07) is 0. The zero-order valence-corrected chi connectivity index (χ0v) is 7.73. The molecular formula is C8H8F3NS. The van der Waals surface area contributed by atoms with Crippen LogP contribution in [0.1, 0.15) is 6.92 Å². The monoisotopic (exact) mass is 207 g/mol. The van der Waals surface area contributed by atoms with Crippen LogP contribution < -0.4 is 0 Å². The van der Waals surface area contributed by atoms with Gasteiger partial charge in [-0.3, -0.25) is 4.99 Å². The smallest absolute Gasteiger partial charge is 0.253 e. The molecule has 1 aliphatic rings. The van der Waals surface area contributed by atoms with Crippen LogP contribution in [0.2, 0.25) is 0 Å². The molecule has 0 aromatic rings. The van der Waals surface area contributed by atoms with E-state index in [1.807, 2.05) is 0 Å². The van der Waals surface area contributed by atoms with Crippen LogP contribution in [-0.2, 0) is 0 Å². The Hall–Kier alpha value is -0.710. The molecule has 0 aromatic carbocycles. The highest BCUT2D eigenvalue weighted by atomic mass is 32.1. The fourth-order valence-electron chi connectivity index (χ4n) is 0.788. The van der Waals surface area contributed by atoms with E-state index in [0.29, 0.717) is 0 Å². The Morgan fingerprint density at radius 3 is 2.62 bits per heavy atom. The molecule has 5 heteroatoms. The number of alkyl halides is 3. The van der Waals surface area contributed by atoms with Crippen LogP contribution in [-0.4, -0.2) is 12.4 Å². The molecule has 0 fully saturated rings. The third-order valence-electron chi connectivity index (χ3n) is 1.76. The summed E-state index contributed by atoms with van der Waals surface area (Å²) in [6.45, 7) is 1.06. The Morgan fingerprint density at radius 2 is 2.08 bits per heavy atom. The lowest BCUT2D eigenvalue weighted by Gasteiger charge is -2.23. The minimum absolute atomic E-state index is 0.268. The lowest BCUT2D eigenvalue weighted by atomic mass is 9.91. The second kappa shape index (κ2) is 3.21. The standard InChI is InChI=1S/C8H8F3NS/c1-7(8(9,10)11)4-2-3-6(13)12-5-7/h2-5,13H,1H3. The molecular weight excluding hydrogens is 199 g/mol. The molecule has 0 bridgehead atoms. The van der Waals surface area contributed by atoms with Crippen LogP contribution in [0.5, 0.6) is 0 Å². The van der Waals surface area contributed by atoms with Gasteiger partial charge in [0, 0.05) is 6.21 Å². The first kappa shape index (κ1) is 10.4. The van der Waals surface area contributed by atoms with Gasteiger partial charge in [0.2, 0.25) is 0 Å². The summed E-state index contributed by atoms with van der Waals surface area (Å²) >= 11 is 3.85. The highest BCUT2D eigenvalue weighted by molar-refractivity contribution is 7.84. The zero-order valence-electron chi connectivity index (χ0n) is 6.84. The molecule has 72 valence electrons. The third kappa shape index (κ3) is 2.15. The van der Waals surface area contributed by atoms with Crippen LogP contribution in [0.25, 0.3) is 0 Å². The molecule has 0 radical (unpaired) electrons. The molecule has 0 saturated carbocycles. The fourth-order valence-corrected chi connectivity index (χ4v) is 0.932. The lowest BCUT2D eigenvalue weighted by molar-refractivity contribution is -0.174. The number of allylic oxidation sites excluding steroid dienone is 3. The second-order valence-corrected chi connectivity index (χ2v) is 3.38. The maximum Gasteiger partial charge on any atom is 0.402 e. The van der Waals surface area contributed by atoms with E-state index in [4.69, 9.17) is 0 Å². The summed E-state index contributed by atoms with van der Waals surface area (Å²) in [7, 11) is 0. The van der Waals surface area contributed by atoms with Crippen molar-refractivity contribution < 1.29 is 13.2 Å². The molecule has 1 aliphatic heterocycles. The Morgan fingerprint density at radius 1 is 1.46 bits per heavy atom. The van der Waals surface area contributed by atoms with Gasteiger partial charge < -0.3 is 0 Å². The van der Waals surface area contributed by atoms with E-state index in [2.05, 4.69) is 17.6 Å². The molecule has 1 heterocycles. The van der Waals surface area contributed by atoms with Crippen molar-refractivity contribution in [3.05, 3.63) is 23.3 Å². The highest BCUT2D eigenvalue weighted by Gasteiger charge is 2.48. The zero-order chi connectivity index (χ0) is 10.1. The van der Waals surface area contributed by atoms with Crippen molar-refractivity contribution >= 4 is 18.8 Å². The molecule has 1 rings (SSSR count). The quantitative estimate of drug-likeness (QED) is 0.586. The van der Waals surface area contributed by atoms with Gasteiger partial charge in [-0.25, -0.2) is 0 Å². The molecule has 13 heavy (non-hydrogen) atoms. The van der Waals surface area contributed by atoms with Crippen molar-refractivity contribution in [2.75, 3.05) is 0 Å². The van der Waals surface area contributed by atoms with Gasteiger partial charge in [0.15, 0.2) is 0 Å². The summed E-state index contributed by atoms with van der Waals surface area (Å²) in [5, 5.41) is 0.268. The van der Waals surface area contributed by atoms with Gasteiger partial charge in [0.1, 0.15) is 5.41 Å². The average molecular weight is 207 g/mol. The van der Waals surface area contributed by atoms with Gasteiger partial charge in [0.05, 0.1) is 5.03 Å². The molecule has 0 aliphatic carbocycles. The predicted octanol–water partition coefficient (Wildman–Crippen LogP) is 2.97. The van der Waals surface area contributed by atoms with Crippen LogP contribution in [0, 0.1) is 5.41 Å². The van der Waals surface area contributed by atoms with Gasteiger partial charge in [-0.15, -0.1) is 12.6 Å². The molecule has 1 unspecified atom stereocenters. The largest absolute Gasteiger partial charge is 0.402 e. The topological polar surface area (TPSA) is 12.4 Å². The first-order valence-corrected chi connectivity index (χ1v) is 4.00. The van der Waals surface area contributed by atoms with Gasteiger partial charge in [-0.1, -0.05) is 12.2 Å². The van der Waals surface area contributed by atoms with Gasteiger partial charge in [0.25, 0.3) is 0 Å². The summed E-state index contributed by atoms with van der Waals surface area (Å²) < 4.78 is 37.3. The highest BCUT2D eigenvalue weighted by Crippen LogP contribution is 2.38. The molecule has 0 N–H and O–H groups in total. The number of thiol groups is 1. The Balaban J connectivity index is 3.03. The summed E-state index contributed by atoms with van der Waals surface area (Å²) in [5.41, 5.74) is -1.99. The van der Waals surface area contributed by atoms with E-state index in [0.717, 1.165) is 19.2 Å². The summed E-state index contributed by atoms with van der Waals surface area (Å²) in [4.78, 5) is 3.56. The first-order valence-electron chi connectivity index (χ1n) is 3.56. The van der Waals surface area contributed by atoms with E-state index in [9.17, 15) is 13.2 Å². The molecule has 0 aromatic heterocycles. The van der Waals surface area contributed by atoms with E-state index in [1.165, 1.54) is 12.2 Å². The Labute approximate surface area is 79.5 Å². The molecule has 0 amide bonds. The van der Waals surface area contributed by atoms with Crippen LogP contribution in [0.15, 0.2) is 28.2 Å². The maximum absolute atomic E-state index is 12.4. The number of hydrogen-bond acceptors (Lipinski definition) is 2. The van der Waals surface area contributed by atoms with Crippen molar-refractivity contribution in [3.8, 4) is 0 Å². The summed E-state index contributed by atoms with van der Waals surface area (Å²) in [5.74, 6) is 0. The van der Waals surface area contributed by atoms with Gasteiger partial charge >= 0.3 is 6.18 Å². The van der Waals surface area contributed by atoms with Crippen LogP contribution in [0.3, 0.4) is 0 Å². The molecule has 0 saturated heterocycles. The van der Waals surface area contributed by atoms with Crippen molar-refractivity contribution in [2.24, 2.45) is 10.4 Å². The minimum Gasteiger partial charge on any atom is -0.253 e. The predicted molar refractivity (Wildman–Crippen MR) is 48.9 cm³/mol. The number of halogens is 3. The molecule has 1 nitrogen and oxygen atoms in total. The molecule has 0 spiro atoms. The fraction of sp³-hybridized carbons (Fsp3) is 0.375. The Kier molecular flexibility index (Phi) is 2.56. The third-order valence-corrected chi connectivity index (χ3v) is 2.03. The number of nitrogens with zero attached hydrogens (tertiary/aromatic N) is 1. The molecule has 1 atom stereocenters. The number of hydrogen-bond donors (Lipinski definition) is 1. The normalized spacial score (nSPS) is 28.5. The second-order valence-electron chi connectivity index (χ2n) is 2.92. The van der Waals surface area contributed by atoms with Crippen LogP contribution in [0.4, 0.5) is 13.2 Å². The van der Waals surface area contributed by atoms with Crippen molar-refractivity contribution in [1.29, 1.82) is 0 Å². The summed E-state index contributed by atoms with van der Waals surface area (Å²) in [6.07, 6.45) is 0.313. The SMILES string of the molecule is CC1(C(F)(F)F)C=CC=C(S)N=C1. The Bertz CT molecular complexity index is 290. The van der Waals surface area contributed by atoms with Crippen molar-refractivity contribution in [2.45, 2.75) is 13.1 Å². The van der Waals surface area contributed by atoms with Gasteiger partial charge in [-0.05, 0) is 13.0 Å². The van der Waals surface area contributed by atoms with Gasteiger partial charge in [-0.2, -0.15) is 13.2 Å². The van der Waals surface area contributed by atoms with E-state index in [1.54, 1.807) is 0 Å². The van der Waals surface area contributed by atoms with Crippen molar-refractivity contribution in [1.82, 2.24) is 0 Å². The van der Waals surface area contributed by atoms with Crippen molar-refractivity contribution in [3.63, 3.8) is 0 Å². The van der Waals surface area contributed by atoms with E-state index in [-0.39, 0.29) is 5.03 Å². The van der Waals surface area contributed by atoms with E-state index >= 15 is 0 Å². The first-order chi connectivity index (χ1) is 5.85. The van der Waals surface area contributed by atoms with Crippen LogP contribution >= 0.6 is 12.6 Å². The minimum atomic E-state index is -4.32.